The zero-order valence-corrected chi connectivity index (χ0v) is 14.3. The van der Waals surface area contributed by atoms with Gasteiger partial charge in [-0.25, -0.2) is 0 Å². The highest BCUT2D eigenvalue weighted by Gasteiger charge is 2.19. The number of hydrogen-bond acceptors (Lipinski definition) is 3. The number of H-pyrrole nitrogens is 1. The molecule has 1 aromatic carbocycles. The Balaban J connectivity index is 1.76. The third kappa shape index (κ3) is 2.71. The van der Waals surface area contributed by atoms with Crippen molar-refractivity contribution in [3.8, 4) is 0 Å². The van der Waals surface area contributed by atoms with E-state index in [1.54, 1.807) is 6.07 Å². The molecule has 1 amide bonds. The van der Waals surface area contributed by atoms with Crippen LogP contribution in [0.25, 0.3) is 10.9 Å². The van der Waals surface area contributed by atoms with Gasteiger partial charge in [-0.3, -0.25) is 14.6 Å². The molecule has 3 aromatic rings. The van der Waals surface area contributed by atoms with Crippen molar-refractivity contribution in [2.24, 2.45) is 0 Å². The molecule has 0 aliphatic heterocycles. The van der Waals surface area contributed by atoms with Crippen molar-refractivity contribution in [1.29, 1.82) is 0 Å². The van der Waals surface area contributed by atoms with E-state index in [0.717, 1.165) is 52.7 Å². The molecule has 25 heavy (non-hydrogen) atoms. The van der Waals surface area contributed by atoms with Gasteiger partial charge in [0.15, 0.2) is 0 Å². The SMILES string of the molecule is Cc1ccc2c(NC(=O)c3cc4c([nH]c3=O)CCC4)c(C)ccc2n1. The first-order chi connectivity index (χ1) is 12.0. The van der Waals surface area contributed by atoms with Crippen LogP contribution < -0.4 is 10.9 Å². The predicted molar refractivity (Wildman–Crippen MR) is 98.3 cm³/mol. The van der Waals surface area contributed by atoms with Gasteiger partial charge in [-0.05, 0) is 68.5 Å². The van der Waals surface area contributed by atoms with Crippen LogP contribution in [0.1, 0.15) is 39.3 Å². The van der Waals surface area contributed by atoms with E-state index in [2.05, 4.69) is 15.3 Å². The first kappa shape index (κ1) is 15.6. The molecule has 1 aliphatic rings. The quantitative estimate of drug-likeness (QED) is 0.756. The molecule has 5 nitrogen and oxygen atoms in total. The lowest BCUT2D eigenvalue weighted by Crippen LogP contribution is -2.24. The van der Waals surface area contributed by atoms with Crippen molar-refractivity contribution in [3.63, 3.8) is 0 Å². The van der Waals surface area contributed by atoms with E-state index in [4.69, 9.17) is 0 Å². The lowest BCUT2D eigenvalue weighted by molar-refractivity contribution is 0.102. The van der Waals surface area contributed by atoms with Gasteiger partial charge in [-0.15, -0.1) is 0 Å². The molecule has 0 fully saturated rings. The van der Waals surface area contributed by atoms with Crippen LogP contribution >= 0.6 is 0 Å². The first-order valence-electron chi connectivity index (χ1n) is 8.46. The maximum atomic E-state index is 12.7. The van der Waals surface area contributed by atoms with Crippen molar-refractivity contribution in [2.75, 3.05) is 5.32 Å². The molecule has 0 saturated carbocycles. The number of fused-ring (bicyclic) bond motifs is 2. The number of hydrogen-bond donors (Lipinski definition) is 2. The highest BCUT2D eigenvalue weighted by atomic mass is 16.2. The smallest absolute Gasteiger partial charge is 0.261 e. The third-order valence-electron chi connectivity index (χ3n) is 4.79. The van der Waals surface area contributed by atoms with Gasteiger partial charge in [0.05, 0.1) is 11.2 Å². The second kappa shape index (κ2) is 5.84. The van der Waals surface area contributed by atoms with Crippen LogP contribution in [0, 0.1) is 13.8 Å². The van der Waals surface area contributed by atoms with Crippen LogP contribution in [0.2, 0.25) is 0 Å². The summed E-state index contributed by atoms with van der Waals surface area (Å²) in [7, 11) is 0. The monoisotopic (exact) mass is 333 g/mol. The fraction of sp³-hybridized carbons (Fsp3) is 0.250. The topological polar surface area (TPSA) is 74.8 Å². The van der Waals surface area contributed by atoms with Crippen molar-refractivity contribution in [2.45, 2.75) is 33.1 Å². The Morgan fingerprint density at radius 1 is 1.16 bits per heavy atom. The van der Waals surface area contributed by atoms with E-state index in [1.165, 1.54) is 0 Å². The summed E-state index contributed by atoms with van der Waals surface area (Å²) >= 11 is 0. The Labute approximate surface area is 145 Å². The molecule has 126 valence electrons. The molecule has 0 bridgehead atoms. The van der Waals surface area contributed by atoms with Gasteiger partial charge in [-0.1, -0.05) is 6.07 Å². The van der Waals surface area contributed by atoms with Gasteiger partial charge in [0.2, 0.25) is 0 Å². The van der Waals surface area contributed by atoms with Gasteiger partial charge >= 0.3 is 0 Å². The summed E-state index contributed by atoms with van der Waals surface area (Å²) in [6.07, 6.45) is 2.80. The Bertz CT molecular complexity index is 1070. The number of rotatable bonds is 2. The number of carbonyl (C=O) groups is 1. The largest absolute Gasteiger partial charge is 0.325 e. The van der Waals surface area contributed by atoms with Gasteiger partial charge in [-0.2, -0.15) is 0 Å². The number of nitrogens with one attached hydrogen (secondary N) is 2. The van der Waals surface area contributed by atoms with Crippen molar-refractivity contribution >= 4 is 22.5 Å². The standard InChI is InChI=1S/C20H19N3O2/c1-11-6-9-17-14(8-7-12(2)21-17)18(11)23-20(25)15-10-13-4-3-5-16(13)22-19(15)24/h6-10H,3-5H2,1-2H3,(H,22,24)(H,23,25). The molecule has 2 heterocycles. The highest BCUT2D eigenvalue weighted by molar-refractivity contribution is 6.09. The van der Waals surface area contributed by atoms with Crippen LogP contribution in [-0.2, 0) is 12.8 Å². The number of pyridine rings is 2. The van der Waals surface area contributed by atoms with Crippen molar-refractivity contribution in [3.05, 3.63) is 68.8 Å². The molecule has 0 spiro atoms. The molecule has 5 heteroatoms. The van der Waals surface area contributed by atoms with Crippen LogP contribution in [0.4, 0.5) is 5.69 Å². The lowest BCUT2D eigenvalue weighted by Gasteiger charge is -2.12. The first-order valence-corrected chi connectivity index (χ1v) is 8.46. The van der Waals surface area contributed by atoms with E-state index in [-0.39, 0.29) is 17.0 Å². The molecule has 0 radical (unpaired) electrons. The fourth-order valence-electron chi connectivity index (χ4n) is 3.44. The molecule has 4 rings (SSSR count). The van der Waals surface area contributed by atoms with Gasteiger partial charge < -0.3 is 10.3 Å². The third-order valence-corrected chi connectivity index (χ3v) is 4.79. The zero-order valence-electron chi connectivity index (χ0n) is 14.3. The summed E-state index contributed by atoms with van der Waals surface area (Å²) in [5.41, 5.74) is 5.24. The van der Waals surface area contributed by atoms with E-state index < -0.39 is 0 Å². The average Bonchev–Trinajstić information content (AvgIpc) is 3.03. The number of benzene rings is 1. The van der Waals surface area contributed by atoms with E-state index in [1.807, 2.05) is 38.1 Å². The van der Waals surface area contributed by atoms with Crippen molar-refractivity contribution in [1.82, 2.24) is 9.97 Å². The van der Waals surface area contributed by atoms with E-state index >= 15 is 0 Å². The number of amides is 1. The van der Waals surface area contributed by atoms with E-state index in [0.29, 0.717) is 5.69 Å². The Hall–Kier alpha value is -2.95. The summed E-state index contributed by atoms with van der Waals surface area (Å²) in [4.78, 5) is 32.4. The molecule has 0 saturated heterocycles. The summed E-state index contributed by atoms with van der Waals surface area (Å²) in [6.45, 7) is 3.86. The number of nitrogens with zero attached hydrogens (tertiary/aromatic N) is 1. The van der Waals surface area contributed by atoms with Crippen LogP contribution in [-0.4, -0.2) is 15.9 Å². The number of aryl methyl sites for hydroxylation is 4. The van der Waals surface area contributed by atoms with E-state index in [9.17, 15) is 9.59 Å². The Morgan fingerprint density at radius 2 is 2.00 bits per heavy atom. The normalized spacial score (nSPS) is 13.0. The number of aromatic nitrogens is 2. The minimum absolute atomic E-state index is 0.164. The zero-order chi connectivity index (χ0) is 17.6. The summed E-state index contributed by atoms with van der Waals surface area (Å²) in [6, 6.07) is 9.47. The summed E-state index contributed by atoms with van der Waals surface area (Å²) < 4.78 is 0. The summed E-state index contributed by atoms with van der Waals surface area (Å²) in [5, 5.41) is 3.79. The Morgan fingerprint density at radius 3 is 2.84 bits per heavy atom. The fourth-order valence-corrected chi connectivity index (χ4v) is 3.44. The molecule has 0 atom stereocenters. The summed E-state index contributed by atoms with van der Waals surface area (Å²) in [5.74, 6) is -0.382. The van der Waals surface area contributed by atoms with Crippen molar-refractivity contribution < 1.29 is 4.79 Å². The second-order valence-corrected chi connectivity index (χ2v) is 6.60. The van der Waals surface area contributed by atoms with Crippen LogP contribution in [0.5, 0.6) is 0 Å². The maximum absolute atomic E-state index is 12.7. The number of carbonyl (C=O) groups excluding carboxylic acids is 1. The predicted octanol–water partition coefficient (Wildman–Crippen LogP) is 3.28. The molecule has 0 unspecified atom stereocenters. The Kier molecular flexibility index (Phi) is 3.64. The minimum atomic E-state index is -0.382. The van der Waals surface area contributed by atoms with Crippen LogP contribution in [0.3, 0.4) is 0 Å². The molecule has 2 aromatic heterocycles. The molecule has 2 N–H and O–H groups in total. The highest BCUT2D eigenvalue weighted by Crippen LogP contribution is 2.27. The van der Waals surface area contributed by atoms with Gasteiger partial charge in [0.1, 0.15) is 5.56 Å². The van der Waals surface area contributed by atoms with Gasteiger partial charge in [0.25, 0.3) is 11.5 Å². The average molecular weight is 333 g/mol. The lowest BCUT2D eigenvalue weighted by atomic mass is 10.1. The maximum Gasteiger partial charge on any atom is 0.261 e. The molecular weight excluding hydrogens is 314 g/mol. The van der Waals surface area contributed by atoms with Gasteiger partial charge in [0, 0.05) is 16.8 Å². The minimum Gasteiger partial charge on any atom is -0.325 e. The second-order valence-electron chi connectivity index (χ2n) is 6.60. The number of anilines is 1. The number of aromatic amines is 1. The molecule has 1 aliphatic carbocycles. The van der Waals surface area contributed by atoms with Crippen LogP contribution in [0.15, 0.2) is 35.1 Å². The molecular formula is C20H19N3O2.